The first-order valence-electron chi connectivity index (χ1n) is 4.32. The van der Waals surface area contributed by atoms with Crippen LogP contribution in [0.1, 0.15) is 22.3 Å². The van der Waals surface area contributed by atoms with Gasteiger partial charge in [0.25, 0.3) is 0 Å². The molecule has 0 radical (unpaired) electrons. The number of hydrogen-bond donors (Lipinski definition) is 0. The molecular weight excluding hydrogens is 248 g/mol. The number of Topliss-reactive ketones (excluding diaryl/α,β-unsaturated/α-hetero) is 1. The summed E-state index contributed by atoms with van der Waals surface area (Å²) >= 11 is 5.26. The van der Waals surface area contributed by atoms with Crippen LogP contribution < -0.4 is 0 Å². The lowest BCUT2D eigenvalue weighted by Gasteiger charge is -2.08. The molecule has 0 heterocycles. The Balaban J connectivity index is 3.14. The van der Waals surface area contributed by atoms with Crippen molar-refractivity contribution in [2.75, 3.05) is 5.88 Å². The summed E-state index contributed by atoms with van der Waals surface area (Å²) in [5.74, 6) is -1.77. The largest absolute Gasteiger partial charge is 0.416 e. The van der Waals surface area contributed by atoms with Crippen LogP contribution in [0.3, 0.4) is 0 Å². The van der Waals surface area contributed by atoms with E-state index >= 15 is 0 Å². The Morgan fingerprint density at radius 3 is 2.44 bits per heavy atom. The van der Waals surface area contributed by atoms with Crippen LogP contribution in [0.4, 0.5) is 17.6 Å². The topological polar surface area (TPSA) is 17.1 Å². The van der Waals surface area contributed by atoms with Crippen molar-refractivity contribution in [3.8, 4) is 0 Å². The molecule has 1 aromatic carbocycles. The zero-order valence-electron chi connectivity index (χ0n) is 7.94. The summed E-state index contributed by atoms with van der Waals surface area (Å²) in [6, 6.07) is 1.72. The summed E-state index contributed by atoms with van der Waals surface area (Å²) in [5, 5.41) is 0. The van der Waals surface area contributed by atoms with Gasteiger partial charge in [-0.05, 0) is 18.2 Å². The van der Waals surface area contributed by atoms with E-state index in [1.54, 1.807) is 0 Å². The fraction of sp³-hybridized carbons (Fsp3) is 0.300. The summed E-state index contributed by atoms with van der Waals surface area (Å²) in [6.45, 7) is 0. The minimum absolute atomic E-state index is 0.0610. The molecule has 0 unspecified atom stereocenters. The molecule has 6 heteroatoms. The van der Waals surface area contributed by atoms with E-state index < -0.39 is 28.9 Å². The van der Waals surface area contributed by atoms with E-state index in [1.165, 1.54) is 0 Å². The monoisotopic (exact) mass is 254 g/mol. The van der Waals surface area contributed by atoms with Crippen molar-refractivity contribution < 1.29 is 22.4 Å². The lowest BCUT2D eigenvalue weighted by atomic mass is 10.0. The van der Waals surface area contributed by atoms with Crippen molar-refractivity contribution in [3.63, 3.8) is 0 Å². The third kappa shape index (κ3) is 2.95. The number of carbonyl (C=O) groups excluding carboxylic acids is 1. The van der Waals surface area contributed by atoms with Gasteiger partial charge in [0, 0.05) is 12.3 Å². The Morgan fingerprint density at radius 2 is 1.94 bits per heavy atom. The lowest BCUT2D eigenvalue weighted by molar-refractivity contribution is -0.137. The summed E-state index contributed by atoms with van der Waals surface area (Å²) in [4.78, 5) is 11.3. The molecule has 1 nitrogen and oxygen atoms in total. The van der Waals surface area contributed by atoms with Crippen molar-refractivity contribution in [1.29, 1.82) is 0 Å². The Kier molecular flexibility index (Phi) is 3.91. The van der Waals surface area contributed by atoms with Gasteiger partial charge in [0.15, 0.2) is 5.78 Å². The van der Waals surface area contributed by atoms with Crippen molar-refractivity contribution in [3.05, 3.63) is 35.1 Å². The first-order valence-corrected chi connectivity index (χ1v) is 4.85. The standard InChI is InChI=1S/C10H7ClF4O/c11-4-3-9(16)7-5-6(10(13,14)15)1-2-8(7)12/h1-2,5H,3-4H2. The maximum Gasteiger partial charge on any atom is 0.416 e. The molecule has 0 saturated carbocycles. The second-order valence-electron chi connectivity index (χ2n) is 3.05. The molecule has 0 bridgehead atoms. The van der Waals surface area contributed by atoms with Crippen LogP contribution in [-0.2, 0) is 6.18 Å². The minimum Gasteiger partial charge on any atom is -0.294 e. The van der Waals surface area contributed by atoms with Gasteiger partial charge in [-0.2, -0.15) is 13.2 Å². The van der Waals surface area contributed by atoms with E-state index in [2.05, 4.69) is 0 Å². The lowest BCUT2D eigenvalue weighted by Crippen LogP contribution is -2.09. The Bertz CT molecular complexity index is 400. The van der Waals surface area contributed by atoms with E-state index in [0.717, 1.165) is 0 Å². The molecule has 0 N–H and O–H groups in total. The summed E-state index contributed by atoms with van der Waals surface area (Å²) in [5.41, 5.74) is -1.62. The van der Waals surface area contributed by atoms with Gasteiger partial charge in [-0.1, -0.05) is 0 Å². The third-order valence-corrected chi connectivity index (χ3v) is 2.10. The molecule has 0 aliphatic rings. The van der Waals surface area contributed by atoms with Crippen molar-refractivity contribution in [1.82, 2.24) is 0 Å². The Labute approximate surface area is 94.0 Å². The maximum absolute atomic E-state index is 13.1. The van der Waals surface area contributed by atoms with Crippen molar-refractivity contribution in [2.24, 2.45) is 0 Å². The molecule has 0 atom stereocenters. The van der Waals surface area contributed by atoms with Gasteiger partial charge >= 0.3 is 6.18 Å². The first kappa shape index (κ1) is 13.0. The highest BCUT2D eigenvalue weighted by Gasteiger charge is 2.31. The van der Waals surface area contributed by atoms with Crippen LogP contribution in [0.2, 0.25) is 0 Å². The van der Waals surface area contributed by atoms with Crippen LogP contribution in [0.5, 0.6) is 0 Å². The molecule has 0 aliphatic heterocycles. The zero-order chi connectivity index (χ0) is 12.3. The second-order valence-corrected chi connectivity index (χ2v) is 3.43. The number of hydrogen-bond acceptors (Lipinski definition) is 1. The Hall–Kier alpha value is -1.10. The summed E-state index contributed by atoms with van der Waals surface area (Å²) in [6.07, 6.45) is -4.79. The molecule has 0 spiro atoms. The SMILES string of the molecule is O=C(CCCl)c1cc(C(F)(F)F)ccc1F. The van der Waals surface area contributed by atoms with E-state index in [0.29, 0.717) is 18.2 Å². The van der Waals surface area contributed by atoms with E-state index in [-0.39, 0.29) is 12.3 Å². The highest BCUT2D eigenvalue weighted by molar-refractivity contribution is 6.19. The van der Waals surface area contributed by atoms with Crippen molar-refractivity contribution >= 4 is 17.4 Å². The van der Waals surface area contributed by atoms with Crippen LogP contribution in [-0.4, -0.2) is 11.7 Å². The van der Waals surface area contributed by atoms with Gasteiger partial charge in [-0.3, -0.25) is 4.79 Å². The molecule has 0 amide bonds. The maximum atomic E-state index is 13.1. The van der Waals surface area contributed by atoms with Gasteiger partial charge in [-0.25, -0.2) is 4.39 Å². The van der Waals surface area contributed by atoms with Gasteiger partial charge in [0.2, 0.25) is 0 Å². The molecule has 0 saturated heterocycles. The highest BCUT2D eigenvalue weighted by Crippen LogP contribution is 2.30. The average molecular weight is 255 g/mol. The highest BCUT2D eigenvalue weighted by atomic mass is 35.5. The summed E-state index contributed by atoms with van der Waals surface area (Å²) in [7, 11) is 0. The van der Waals surface area contributed by atoms with E-state index in [4.69, 9.17) is 11.6 Å². The van der Waals surface area contributed by atoms with Gasteiger partial charge in [0.05, 0.1) is 11.1 Å². The zero-order valence-corrected chi connectivity index (χ0v) is 8.70. The first-order chi connectivity index (χ1) is 7.36. The van der Waals surface area contributed by atoms with E-state index in [1.807, 2.05) is 0 Å². The number of carbonyl (C=O) groups is 1. The average Bonchev–Trinajstić information content (AvgIpc) is 2.16. The minimum atomic E-state index is -4.59. The van der Waals surface area contributed by atoms with Crippen molar-refractivity contribution in [2.45, 2.75) is 12.6 Å². The molecule has 1 aromatic rings. The fourth-order valence-corrected chi connectivity index (χ4v) is 1.31. The molecule has 0 fully saturated rings. The predicted octanol–water partition coefficient (Wildman–Crippen LogP) is 3.66. The molecule has 88 valence electrons. The molecule has 1 rings (SSSR count). The number of benzene rings is 1. The van der Waals surface area contributed by atoms with Crippen LogP contribution in [0.25, 0.3) is 0 Å². The third-order valence-electron chi connectivity index (χ3n) is 1.92. The smallest absolute Gasteiger partial charge is 0.294 e. The van der Waals surface area contributed by atoms with Crippen LogP contribution in [0, 0.1) is 5.82 Å². The van der Waals surface area contributed by atoms with Gasteiger partial charge < -0.3 is 0 Å². The van der Waals surface area contributed by atoms with Gasteiger partial charge in [-0.15, -0.1) is 11.6 Å². The molecule has 16 heavy (non-hydrogen) atoms. The fourth-order valence-electron chi connectivity index (χ4n) is 1.14. The van der Waals surface area contributed by atoms with E-state index in [9.17, 15) is 22.4 Å². The molecular formula is C10H7ClF4O. The normalized spacial score (nSPS) is 11.6. The van der Waals surface area contributed by atoms with Crippen LogP contribution >= 0.6 is 11.6 Å². The van der Waals surface area contributed by atoms with Crippen LogP contribution in [0.15, 0.2) is 18.2 Å². The summed E-state index contributed by atoms with van der Waals surface area (Å²) < 4.78 is 50.0. The Morgan fingerprint density at radius 1 is 1.31 bits per heavy atom. The quantitative estimate of drug-likeness (QED) is 0.457. The number of ketones is 1. The van der Waals surface area contributed by atoms with Gasteiger partial charge in [0.1, 0.15) is 5.82 Å². The molecule has 0 aliphatic carbocycles. The number of rotatable bonds is 3. The second kappa shape index (κ2) is 4.82. The predicted molar refractivity (Wildman–Crippen MR) is 51.1 cm³/mol. The number of alkyl halides is 4. The molecule has 0 aromatic heterocycles. The number of halogens is 5.